The van der Waals surface area contributed by atoms with Gasteiger partial charge in [-0.2, -0.15) is 5.10 Å². The second kappa shape index (κ2) is 9.31. The zero-order valence-corrected chi connectivity index (χ0v) is 18.1. The van der Waals surface area contributed by atoms with E-state index in [0.717, 1.165) is 31.8 Å². The molecule has 1 amide bonds. The summed E-state index contributed by atoms with van der Waals surface area (Å²) in [6.07, 6.45) is 0.781. The minimum Gasteiger partial charge on any atom is -0.497 e. The molecular formula is C24H28N4O3. The Morgan fingerprint density at radius 3 is 2.32 bits per heavy atom. The highest BCUT2D eigenvalue weighted by atomic mass is 16.5. The minimum absolute atomic E-state index is 0.106. The predicted molar refractivity (Wildman–Crippen MR) is 120 cm³/mol. The Kier molecular flexibility index (Phi) is 6.32. The summed E-state index contributed by atoms with van der Waals surface area (Å²) >= 11 is 0. The smallest absolute Gasteiger partial charge is 0.275 e. The lowest BCUT2D eigenvalue weighted by atomic mass is 10.1. The Bertz CT molecular complexity index is 1120. The number of ether oxygens (including phenoxy) is 1. The Hall–Kier alpha value is -3.19. The molecule has 1 aliphatic heterocycles. The molecule has 0 atom stereocenters. The molecule has 7 nitrogen and oxygen atoms in total. The summed E-state index contributed by atoms with van der Waals surface area (Å²) in [4.78, 5) is 30.2. The van der Waals surface area contributed by atoms with Gasteiger partial charge in [-0.1, -0.05) is 37.3 Å². The molecule has 1 aromatic heterocycles. The van der Waals surface area contributed by atoms with Crippen molar-refractivity contribution in [3.05, 3.63) is 70.1 Å². The summed E-state index contributed by atoms with van der Waals surface area (Å²) < 4.78 is 6.64. The molecule has 2 heterocycles. The van der Waals surface area contributed by atoms with Gasteiger partial charge in [0.05, 0.1) is 12.5 Å². The SMILES string of the molecule is CCCn1nc(C(=O)N2CCN(Cc3ccc(OC)cc3)CC2)c2ccccc2c1=O. The van der Waals surface area contributed by atoms with Gasteiger partial charge in [0.1, 0.15) is 5.75 Å². The molecule has 4 rings (SSSR count). The number of fused-ring (bicyclic) bond motifs is 1. The molecule has 0 N–H and O–H groups in total. The van der Waals surface area contributed by atoms with Crippen LogP contribution in [0.3, 0.4) is 0 Å². The second-order valence-electron chi connectivity index (χ2n) is 7.84. The maximum absolute atomic E-state index is 13.3. The third-order valence-electron chi connectivity index (χ3n) is 5.73. The van der Waals surface area contributed by atoms with Gasteiger partial charge in [0.2, 0.25) is 0 Å². The van der Waals surface area contributed by atoms with E-state index in [0.29, 0.717) is 36.1 Å². The molecule has 31 heavy (non-hydrogen) atoms. The number of aromatic nitrogens is 2. The second-order valence-corrected chi connectivity index (χ2v) is 7.84. The standard InChI is InChI=1S/C24H28N4O3/c1-3-12-28-23(29)21-7-5-4-6-20(21)22(25-28)24(30)27-15-13-26(14-16-27)17-18-8-10-19(31-2)11-9-18/h4-11H,3,12-17H2,1-2H3. The van der Waals surface area contributed by atoms with Crippen molar-refractivity contribution in [3.8, 4) is 5.75 Å². The van der Waals surface area contributed by atoms with Gasteiger partial charge in [0.25, 0.3) is 11.5 Å². The molecule has 1 fully saturated rings. The van der Waals surface area contributed by atoms with E-state index in [1.165, 1.54) is 10.2 Å². The van der Waals surface area contributed by atoms with Gasteiger partial charge in [-0.3, -0.25) is 14.5 Å². The van der Waals surface area contributed by atoms with E-state index >= 15 is 0 Å². The number of carbonyl (C=O) groups is 1. The van der Waals surface area contributed by atoms with Gasteiger partial charge < -0.3 is 9.64 Å². The zero-order chi connectivity index (χ0) is 21.8. The summed E-state index contributed by atoms with van der Waals surface area (Å²) in [6.45, 7) is 6.20. The summed E-state index contributed by atoms with van der Waals surface area (Å²) in [7, 11) is 1.66. The third kappa shape index (κ3) is 4.46. The average molecular weight is 421 g/mol. The van der Waals surface area contributed by atoms with Crippen LogP contribution >= 0.6 is 0 Å². The normalized spacial score (nSPS) is 14.7. The molecule has 0 saturated carbocycles. The van der Waals surface area contributed by atoms with Crippen molar-refractivity contribution in [2.75, 3.05) is 33.3 Å². The van der Waals surface area contributed by atoms with Gasteiger partial charge in [0.15, 0.2) is 5.69 Å². The number of hydrogen-bond donors (Lipinski definition) is 0. The predicted octanol–water partition coefficient (Wildman–Crippen LogP) is 2.77. The van der Waals surface area contributed by atoms with E-state index in [1.807, 2.05) is 42.2 Å². The minimum atomic E-state index is -0.140. The molecule has 2 aromatic carbocycles. The van der Waals surface area contributed by atoms with Crippen LogP contribution in [-0.2, 0) is 13.1 Å². The van der Waals surface area contributed by atoms with E-state index < -0.39 is 0 Å². The molecular weight excluding hydrogens is 392 g/mol. The Morgan fingerprint density at radius 1 is 1.00 bits per heavy atom. The zero-order valence-electron chi connectivity index (χ0n) is 18.1. The van der Waals surface area contributed by atoms with Crippen molar-refractivity contribution in [2.24, 2.45) is 0 Å². The van der Waals surface area contributed by atoms with E-state index in [1.54, 1.807) is 13.2 Å². The quantitative estimate of drug-likeness (QED) is 0.613. The maximum Gasteiger partial charge on any atom is 0.275 e. The number of carbonyl (C=O) groups excluding carboxylic acids is 1. The number of amides is 1. The lowest BCUT2D eigenvalue weighted by molar-refractivity contribution is 0.0622. The number of aryl methyl sites for hydroxylation is 1. The average Bonchev–Trinajstić information content (AvgIpc) is 2.81. The van der Waals surface area contributed by atoms with Gasteiger partial charge in [-0.25, -0.2) is 4.68 Å². The van der Waals surface area contributed by atoms with Crippen LogP contribution < -0.4 is 10.3 Å². The Labute approximate surface area is 181 Å². The maximum atomic E-state index is 13.3. The Morgan fingerprint density at radius 2 is 1.68 bits per heavy atom. The van der Waals surface area contributed by atoms with Crippen LogP contribution in [0.25, 0.3) is 10.8 Å². The van der Waals surface area contributed by atoms with Crippen LogP contribution in [0, 0.1) is 0 Å². The fourth-order valence-electron chi connectivity index (χ4n) is 4.00. The first-order chi connectivity index (χ1) is 15.1. The number of benzene rings is 2. The largest absolute Gasteiger partial charge is 0.497 e. The van der Waals surface area contributed by atoms with Crippen molar-refractivity contribution in [3.63, 3.8) is 0 Å². The highest BCUT2D eigenvalue weighted by Crippen LogP contribution is 2.18. The fraction of sp³-hybridized carbons (Fsp3) is 0.375. The van der Waals surface area contributed by atoms with E-state index in [9.17, 15) is 9.59 Å². The van der Waals surface area contributed by atoms with Gasteiger partial charge >= 0.3 is 0 Å². The van der Waals surface area contributed by atoms with Crippen LogP contribution in [0.1, 0.15) is 29.4 Å². The van der Waals surface area contributed by atoms with Crippen LogP contribution in [-0.4, -0.2) is 58.8 Å². The fourth-order valence-corrected chi connectivity index (χ4v) is 4.00. The van der Waals surface area contributed by atoms with Gasteiger partial charge in [-0.15, -0.1) is 0 Å². The van der Waals surface area contributed by atoms with E-state index in [4.69, 9.17) is 4.74 Å². The molecule has 0 bridgehead atoms. The first-order valence-corrected chi connectivity index (χ1v) is 10.7. The van der Waals surface area contributed by atoms with Crippen LogP contribution in [0.4, 0.5) is 0 Å². The van der Waals surface area contributed by atoms with Gasteiger partial charge in [-0.05, 0) is 30.2 Å². The lowest BCUT2D eigenvalue weighted by Gasteiger charge is -2.34. The van der Waals surface area contributed by atoms with Gasteiger partial charge in [0, 0.05) is 44.7 Å². The number of nitrogens with zero attached hydrogens (tertiary/aromatic N) is 4. The van der Waals surface area contributed by atoms with Crippen molar-refractivity contribution >= 4 is 16.7 Å². The topological polar surface area (TPSA) is 67.7 Å². The number of methoxy groups -OCH3 is 1. The van der Waals surface area contributed by atoms with Crippen LogP contribution in [0.5, 0.6) is 5.75 Å². The summed E-state index contributed by atoms with van der Waals surface area (Å²) in [5.74, 6) is 0.744. The van der Waals surface area contributed by atoms with Crippen molar-refractivity contribution in [1.82, 2.24) is 19.6 Å². The Balaban J connectivity index is 1.49. The van der Waals surface area contributed by atoms with E-state index in [2.05, 4.69) is 22.1 Å². The molecule has 1 aliphatic rings. The molecule has 0 spiro atoms. The van der Waals surface area contributed by atoms with E-state index in [-0.39, 0.29) is 11.5 Å². The van der Waals surface area contributed by atoms with Crippen molar-refractivity contribution in [2.45, 2.75) is 26.4 Å². The number of piperazine rings is 1. The third-order valence-corrected chi connectivity index (χ3v) is 5.73. The molecule has 162 valence electrons. The summed E-state index contributed by atoms with van der Waals surface area (Å²) in [6, 6.07) is 15.3. The number of rotatable bonds is 6. The molecule has 0 aliphatic carbocycles. The lowest BCUT2D eigenvalue weighted by Crippen LogP contribution is -2.48. The first-order valence-electron chi connectivity index (χ1n) is 10.7. The molecule has 3 aromatic rings. The molecule has 1 saturated heterocycles. The van der Waals surface area contributed by atoms with Crippen molar-refractivity contribution in [1.29, 1.82) is 0 Å². The monoisotopic (exact) mass is 420 g/mol. The molecule has 0 radical (unpaired) electrons. The molecule has 0 unspecified atom stereocenters. The van der Waals surface area contributed by atoms with Crippen molar-refractivity contribution < 1.29 is 9.53 Å². The summed E-state index contributed by atoms with van der Waals surface area (Å²) in [5, 5.41) is 5.63. The molecule has 7 heteroatoms. The first kappa shape index (κ1) is 21.1. The summed E-state index contributed by atoms with van der Waals surface area (Å²) in [5.41, 5.74) is 1.45. The van der Waals surface area contributed by atoms with Crippen LogP contribution in [0.15, 0.2) is 53.3 Å². The highest BCUT2D eigenvalue weighted by molar-refractivity contribution is 6.04. The number of hydrogen-bond acceptors (Lipinski definition) is 5. The van der Waals surface area contributed by atoms with Crippen LogP contribution in [0.2, 0.25) is 0 Å². The highest BCUT2D eigenvalue weighted by Gasteiger charge is 2.25.